The van der Waals surface area contributed by atoms with Crippen LogP contribution in [0.2, 0.25) is 0 Å². The lowest BCUT2D eigenvalue weighted by molar-refractivity contribution is -0.155. The second-order valence-corrected chi connectivity index (χ2v) is 11.7. The summed E-state index contributed by atoms with van der Waals surface area (Å²) in [7, 11) is 0. The fourth-order valence-electron chi connectivity index (χ4n) is 6.33. The number of benzene rings is 1. The Balaban J connectivity index is 1.39. The van der Waals surface area contributed by atoms with Gasteiger partial charge in [0, 0.05) is 29.6 Å². The van der Waals surface area contributed by atoms with Crippen molar-refractivity contribution < 1.29 is 19.1 Å². The number of allylic oxidation sites excluding steroid dienone is 4. The highest BCUT2D eigenvalue weighted by atomic mass is 19.1. The second kappa shape index (κ2) is 7.82. The van der Waals surface area contributed by atoms with Crippen molar-refractivity contribution in [3.63, 3.8) is 0 Å². The summed E-state index contributed by atoms with van der Waals surface area (Å²) in [5.41, 5.74) is 1.02. The van der Waals surface area contributed by atoms with E-state index in [0.29, 0.717) is 35.9 Å². The van der Waals surface area contributed by atoms with Gasteiger partial charge in [0.1, 0.15) is 5.82 Å². The van der Waals surface area contributed by atoms with Gasteiger partial charge in [-0.05, 0) is 61.1 Å². The van der Waals surface area contributed by atoms with E-state index in [-0.39, 0.29) is 39.9 Å². The summed E-state index contributed by atoms with van der Waals surface area (Å²) in [6.07, 6.45) is 14.4. The van der Waals surface area contributed by atoms with Gasteiger partial charge in [0.25, 0.3) is 5.91 Å². The third kappa shape index (κ3) is 3.68. The van der Waals surface area contributed by atoms with Gasteiger partial charge in [0.15, 0.2) is 0 Å². The molecule has 2 N–H and O–H groups in total. The van der Waals surface area contributed by atoms with Gasteiger partial charge in [-0.1, -0.05) is 45.1 Å². The van der Waals surface area contributed by atoms with Crippen LogP contribution in [0.25, 0.3) is 10.9 Å². The summed E-state index contributed by atoms with van der Waals surface area (Å²) in [5.74, 6) is -1.48. The molecule has 0 bridgehead atoms. The van der Waals surface area contributed by atoms with Crippen LogP contribution < -0.4 is 5.32 Å². The Morgan fingerprint density at radius 2 is 1.88 bits per heavy atom. The molecule has 3 aliphatic carbocycles. The summed E-state index contributed by atoms with van der Waals surface area (Å²) in [6.45, 7) is 7.31. The van der Waals surface area contributed by atoms with Gasteiger partial charge in [0.2, 0.25) is 0 Å². The molecule has 6 heteroatoms. The van der Waals surface area contributed by atoms with E-state index in [9.17, 15) is 14.0 Å². The van der Waals surface area contributed by atoms with Gasteiger partial charge in [-0.25, -0.2) is 4.39 Å². The lowest BCUT2D eigenvalue weighted by atomic mass is 9.50. The molecule has 1 aromatic carbocycles. The zero-order chi connectivity index (χ0) is 24.3. The molecule has 0 saturated heterocycles. The van der Waals surface area contributed by atoms with Crippen molar-refractivity contribution in [1.29, 1.82) is 0 Å². The van der Waals surface area contributed by atoms with Crippen molar-refractivity contribution in [2.45, 2.75) is 65.5 Å². The molecule has 2 aromatic rings. The van der Waals surface area contributed by atoms with Crippen molar-refractivity contribution in [2.24, 2.45) is 22.2 Å². The number of carboxylic acids is 1. The molecule has 5 rings (SSSR count). The Kier molecular flexibility index (Phi) is 5.26. The number of hydrogen-bond acceptors (Lipinski definition) is 2. The van der Waals surface area contributed by atoms with Crippen LogP contribution in [0.3, 0.4) is 0 Å². The zero-order valence-corrected chi connectivity index (χ0v) is 20.1. The molecule has 0 radical (unpaired) electrons. The third-order valence-corrected chi connectivity index (χ3v) is 8.61. The van der Waals surface area contributed by atoms with Crippen molar-refractivity contribution in [3.8, 4) is 0 Å². The maximum atomic E-state index is 14.7. The Morgan fingerprint density at radius 3 is 2.50 bits per heavy atom. The largest absolute Gasteiger partial charge is 0.481 e. The van der Waals surface area contributed by atoms with Crippen LogP contribution in [0, 0.1) is 28.0 Å². The normalized spacial score (nSPS) is 30.2. The van der Waals surface area contributed by atoms with Crippen LogP contribution in [0.4, 0.5) is 4.39 Å². The second-order valence-electron chi connectivity index (χ2n) is 11.7. The number of carbonyl (C=O) groups is 2. The summed E-state index contributed by atoms with van der Waals surface area (Å²) in [4.78, 5) is 24.4. The number of rotatable bonds is 5. The molecule has 1 unspecified atom stereocenters. The molecule has 3 aliphatic rings. The molecule has 1 aromatic heterocycles. The lowest BCUT2D eigenvalue weighted by Gasteiger charge is -2.56. The minimum atomic E-state index is -0.719. The average Bonchev–Trinajstić information content (AvgIpc) is 3.13. The Hall–Kier alpha value is -2.89. The number of hydrogen-bond donors (Lipinski definition) is 2. The van der Waals surface area contributed by atoms with Gasteiger partial charge in [0.05, 0.1) is 17.0 Å². The predicted octanol–water partition coefficient (Wildman–Crippen LogP) is 5.70. The van der Waals surface area contributed by atoms with E-state index >= 15 is 0 Å². The number of amides is 1. The fourth-order valence-corrected chi connectivity index (χ4v) is 6.33. The van der Waals surface area contributed by atoms with Crippen LogP contribution in [0.5, 0.6) is 0 Å². The van der Waals surface area contributed by atoms with E-state index in [1.54, 1.807) is 12.1 Å². The minimum absolute atomic E-state index is 0.0303. The first-order chi connectivity index (χ1) is 16.0. The number of aliphatic carboxylic acids is 1. The fraction of sp³-hybridized carbons (Fsp3) is 0.500. The highest BCUT2D eigenvalue weighted by Gasteiger charge is 2.55. The highest BCUT2D eigenvalue weighted by molar-refractivity contribution is 6.06. The number of carbonyl (C=O) groups excluding carboxylic acids is 1. The Labute approximate surface area is 199 Å². The summed E-state index contributed by atoms with van der Waals surface area (Å²) in [6, 6.07) is 4.76. The predicted molar refractivity (Wildman–Crippen MR) is 130 cm³/mol. The minimum Gasteiger partial charge on any atom is -0.481 e. The van der Waals surface area contributed by atoms with Crippen molar-refractivity contribution in [2.75, 3.05) is 0 Å². The molecule has 1 atom stereocenters. The SMILES string of the molecule is CC(C)(C)C1(Cn2ccc3c(F)ccc(C(=O)NC4CC5(C4)CC(C(=O)O)C5)c32)C=CC=CC1. The summed E-state index contributed by atoms with van der Waals surface area (Å²) < 4.78 is 16.8. The standard InChI is InChI=1S/C28H33FN2O3/c1-26(2,3)28(10-5-4-6-11-28)17-31-12-9-20-22(29)8-7-21(23(20)31)24(32)30-19-15-27(16-19)13-18(14-27)25(33)34/h4-10,12,18-19H,11,13-17H2,1-3H3,(H,30,32)(H,33,34). The third-order valence-electron chi connectivity index (χ3n) is 8.61. The number of carboxylic acid groups (broad SMARTS) is 1. The van der Waals surface area contributed by atoms with E-state index < -0.39 is 5.97 Å². The molecular formula is C28H33FN2O3. The first kappa shape index (κ1) is 22.9. The van der Waals surface area contributed by atoms with Crippen molar-refractivity contribution in [1.82, 2.24) is 9.88 Å². The van der Waals surface area contributed by atoms with Crippen LogP contribution in [-0.4, -0.2) is 27.6 Å². The molecule has 5 nitrogen and oxygen atoms in total. The van der Waals surface area contributed by atoms with Crippen LogP contribution >= 0.6 is 0 Å². The molecule has 2 fully saturated rings. The van der Waals surface area contributed by atoms with Gasteiger partial charge in [-0.15, -0.1) is 0 Å². The van der Waals surface area contributed by atoms with Crippen molar-refractivity contribution >= 4 is 22.8 Å². The quantitative estimate of drug-likeness (QED) is 0.596. The monoisotopic (exact) mass is 464 g/mol. The van der Waals surface area contributed by atoms with E-state index in [4.69, 9.17) is 5.11 Å². The van der Waals surface area contributed by atoms with Gasteiger partial charge in [-0.2, -0.15) is 0 Å². The maximum Gasteiger partial charge on any atom is 0.306 e. The topological polar surface area (TPSA) is 71.3 Å². The van der Waals surface area contributed by atoms with Gasteiger partial charge >= 0.3 is 5.97 Å². The smallest absolute Gasteiger partial charge is 0.306 e. The molecular weight excluding hydrogens is 431 g/mol. The summed E-state index contributed by atoms with van der Waals surface area (Å²) in [5, 5.41) is 12.7. The van der Waals surface area contributed by atoms with Crippen LogP contribution in [0.15, 0.2) is 48.7 Å². The van der Waals surface area contributed by atoms with Gasteiger partial charge in [-0.3, -0.25) is 9.59 Å². The molecule has 34 heavy (non-hydrogen) atoms. The summed E-state index contributed by atoms with van der Waals surface area (Å²) >= 11 is 0. The molecule has 2 saturated carbocycles. The maximum absolute atomic E-state index is 14.7. The molecule has 1 heterocycles. The highest BCUT2D eigenvalue weighted by Crippen LogP contribution is 2.58. The first-order valence-electron chi connectivity index (χ1n) is 12.2. The molecule has 1 amide bonds. The van der Waals surface area contributed by atoms with Gasteiger partial charge < -0.3 is 15.0 Å². The average molecular weight is 465 g/mol. The number of fused-ring (bicyclic) bond motifs is 1. The number of nitrogens with one attached hydrogen (secondary N) is 1. The first-order valence-corrected chi connectivity index (χ1v) is 12.2. The van der Waals surface area contributed by atoms with Crippen LogP contribution in [-0.2, 0) is 11.3 Å². The van der Waals surface area contributed by atoms with E-state index in [2.05, 4.69) is 50.4 Å². The molecule has 1 spiro atoms. The van der Waals surface area contributed by atoms with E-state index in [0.717, 1.165) is 19.3 Å². The molecule has 180 valence electrons. The van der Waals surface area contributed by atoms with Crippen LogP contribution in [0.1, 0.15) is 63.2 Å². The Bertz CT molecular complexity index is 1200. The van der Waals surface area contributed by atoms with E-state index in [1.807, 2.05) is 10.8 Å². The number of aromatic nitrogens is 1. The zero-order valence-electron chi connectivity index (χ0n) is 20.1. The van der Waals surface area contributed by atoms with Crippen molar-refractivity contribution in [3.05, 3.63) is 60.1 Å². The molecule has 0 aliphatic heterocycles. The lowest BCUT2D eigenvalue weighted by Crippen LogP contribution is -2.57. The Morgan fingerprint density at radius 1 is 1.15 bits per heavy atom. The number of nitrogens with zero attached hydrogens (tertiary/aromatic N) is 1. The number of halogens is 1. The van der Waals surface area contributed by atoms with E-state index in [1.165, 1.54) is 6.07 Å².